The van der Waals surface area contributed by atoms with E-state index >= 15 is 0 Å². The Hall–Kier alpha value is -0.590. The van der Waals surface area contributed by atoms with Crippen molar-refractivity contribution in [1.82, 2.24) is 0 Å². The lowest BCUT2D eigenvalue weighted by molar-refractivity contribution is -0.112. The second kappa shape index (κ2) is 3.65. The molecule has 0 heterocycles. The van der Waals surface area contributed by atoms with E-state index in [0.717, 1.165) is 11.8 Å². The molecule has 1 nitrogen and oxygen atoms in total. The number of carbonyl (C=O) groups is 1. The van der Waals surface area contributed by atoms with Crippen molar-refractivity contribution < 1.29 is 4.79 Å². The first kappa shape index (κ1) is 8.98. The van der Waals surface area contributed by atoms with E-state index in [0.29, 0.717) is 0 Å². The Balaban J connectivity index is 2.02. The smallest absolute Gasteiger partial charge is 0.152 e. The Kier molecular flexibility index (Phi) is 2.52. The predicted molar refractivity (Wildman–Crippen MR) is 53.4 cm³/mol. The van der Waals surface area contributed by atoms with Gasteiger partial charge < -0.3 is 0 Å². The number of rotatable bonds is 1. The Labute approximate surface area is 80.2 Å². The third kappa shape index (κ3) is 2.01. The Morgan fingerprint density at radius 3 is 2.23 bits per heavy atom. The van der Waals surface area contributed by atoms with Crippen molar-refractivity contribution in [1.29, 1.82) is 0 Å². The molecule has 0 amide bonds. The molecule has 0 radical (unpaired) electrons. The molecule has 0 N–H and O–H groups in total. The highest BCUT2D eigenvalue weighted by molar-refractivity contribution is 5.88. The highest BCUT2D eigenvalue weighted by Crippen LogP contribution is 2.44. The van der Waals surface area contributed by atoms with Gasteiger partial charge in [0.1, 0.15) is 0 Å². The van der Waals surface area contributed by atoms with Crippen molar-refractivity contribution in [3.05, 3.63) is 11.6 Å². The number of allylic oxidation sites excluding steroid dienone is 2. The third-order valence-electron chi connectivity index (χ3n) is 3.52. The molecule has 0 unspecified atom stereocenters. The van der Waals surface area contributed by atoms with Crippen LogP contribution in [0.15, 0.2) is 11.6 Å². The predicted octanol–water partition coefficient (Wildman–Crippen LogP) is 3.10. The summed E-state index contributed by atoms with van der Waals surface area (Å²) in [5.41, 5.74) is 1.42. The molecular formula is C12H18O. The van der Waals surface area contributed by atoms with Crippen LogP contribution < -0.4 is 0 Å². The number of hydrogen-bond acceptors (Lipinski definition) is 1. The third-order valence-corrected chi connectivity index (χ3v) is 3.52. The second-order valence-electron chi connectivity index (χ2n) is 4.63. The first-order valence-corrected chi connectivity index (χ1v) is 5.45. The summed E-state index contributed by atoms with van der Waals surface area (Å²) in [6, 6.07) is 0. The van der Waals surface area contributed by atoms with Gasteiger partial charge in [-0.2, -0.15) is 0 Å². The lowest BCUT2D eigenvalue weighted by atomic mass is 9.82. The van der Waals surface area contributed by atoms with Gasteiger partial charge in [-0.3, -0.25) is 4.79 Å². The number of ketones is 1. The van der Waals surface area contributed by atoms with Crippen molar-refractivity contribution in [2.45, 2.75) is 45.4 Å². The van der Waals surface area contributed by atoms with Crippen molar-refractivity contribution in [2.75, 3.05) is 0 Å². The van der Waals surface area contributed by atoms with Crippen LogP contribution in [0.1, 0.15) is 45.4 Å². The zero-order valence-corrected chi connectivity index (χ0v) is 8.38. The minimum Gasteiger partial charge on any atom is -0.295 e. The molecule has 0 bridgehead atoms. The van der Waals surface area contributed by atoms with Crippen LogP contribution in [-0.4, -0.2) is 5.78 Å². The molecular weight excluding hydrogens is 160 g/mol. The van der Waals surface area contributed by atoms with Crippen molar-refractivity contribution in [3.8, 4) is 0 Å². The van der Waals surface area contributed by atoms with E-state index in [2.05, 4.69) is 0 Å². The standard InChI is InChI=1S/C12H18O/c1-9(13)6-10-7-11-4-2-3-5-12(11)8-10/h6,11-12H,2-5,7-8H2,1H3/t11-,12-/m1/s1. The average Bonchev–Trinajstić information content (AvgIpc) is 2.44. The normalized spacial score (nSPS) is 32.8. The van der Waals surface area contributed by atoms with Crippen molar-refractivity contribution in [3.63, 3.8) is 0 Å². The zero-order chi connectivity index (χ0) is 9.26. The van der Waals surface area contributed by atoms with Gasteiger partial charge in [-0.05, 0) is 50.5 Å². The van der Waals surface area contributed by atoms with Crippen LogP contribution in [0, 0.1) is 11.8 Å². The molecule has 0 saturated heterocycles. The van der Waals surface area contributed by atoms with Gasteiger partial charge in [0.15, 0.2) is 5.78 Å². The summed E-state index contributed by atoms with van der Waals surface area (Å²) in [5.74, 6) is 2.06. The fourth-order valence-corrected chi connectivity index (χ4v) is 2.98. The summed E-state index contributed by atoms with van der Waals surface area (Å²) in [6.45, 7) is 1.66. The number of carbonyl (C=O) groups excluding carboxylic acids is 1. The summed E-state index contributed by atoms with van der Waals surface area (Å²) >= 11 is 0. The molecule has 2 rings (SSSR count). The van der Waals surface area contributed by atoms with Crippen LogP contribution in [0.5, 0.6) is 0 Å². The zero-order valence-electron chi connectivity index (χ0n) is 8.38. The van der Waals surface area contributed by atoms with Gasteiger partial charge in [-0.1, -0.05) is 18.4 Å². The van der Waals surface area contributed by atoms with E-state index in [1.165, 1.54) is 44.1 Å². The Morgan fingerprint density at radius 1 is 1.23 bits per heavy atom. The van der Waals surface area contributed by atoms with Gasteiger partial charge in [0.25, 0.3) is 0 Å². The molecule has 0 aromatic rings. The summed E-state index contributed by atoms with van der Waals surface area (Å²) < 4.78 is 0. The maximum absolute atomic E-state index is 10.9. The molecule has 2 aliphatic carbocycles. The molecule has 2 fully saturated rings. The quantitative estimate of drug-likeness (QED) is 0.564. The molecule has 72 valence electrons. The molecule has 0 aromatic heterocycles. The molecule has 2 saturated carbocycles. The van der Waals surface area contributed by atoms with Crippen LogP contribution in [-0.2, 0) is 4.79 Å². The average molecular weight is 178 g/mol. The minimum atomic E-state index is 0.230. The summed E-state index contributed by atoms with van der Waals surface area (Å²) in [7, 11) is 0. The maximum Gasteiger partial charge on any atom is 0.152 e. The molecule has 1 heteroatoms. The van der Waals surface area contributed by atoms with E-state index in [9.17, 15) is 4.79 Å². The fourth-order valence-electron chi connectivity index (χ4n) is 2.98. The van der Waals surface area contributed by atoms with Crippen molar-refractivity contribution in [2.24, 2.45) is 11.8 Å². The molecule has 0 aliphatic heterocycles. The highest BCUT2D eigenvalue weighted by atomic mass is 16.1. The SMILES string of the molecule is CC(=O)C=C1C[C@H]2CCCC[C@@H]2C1. The second-order valence-corrected chi connectivity index (χ2v) is 4.63. The van der Waals surface area contributed by atoms with Gasteiger partial charge in [0, 0.05) is 0 Å². The highest BCUT2D eigenvalue weighted by Gasteiger charge is 2.32. The van der Waals surface area contributed by atoms with Crippen molar-refractivity contribution >= 4 is 5.78 Å². The van der Waals surface area contributed by atoms with Gasteiger partial charge in [0.05, 0.1) is 0 Å². The van der Waals surface area contributed by atoms with Crippen LogP contribution >= 0.6 is 0 Å². The van der Waals surface area contributed by atoms with E-state index in [4.69, 9.17) is 0 Å². The van der Waals surface area contributed by atoms with Gasteiger partial charge in [-0.15, -0.1) is 0 Å². The monoisotopic (exact) mass is 178 g/mol. The molecule has 13 heavy (non-hydrogen) atoms. The van der Waals surface area contributed by atoms with E-state index < -0.39 is 0 Å². The van der Waals surface area contributed by atoms with E-state index in [1.807, 2.05) is 6.08 Å². The van der Waals surface area contributed by atoms with Crippen LogP contribution in [0.2, 0.25) is 0 Å². The maximum atomic E-state index is 10.9. The largest absolute Gasteiger partial charge is 0.295 e. The first-order chi connectivity index (χ1) is 6.25. The van der Waals surface area contributed by atoms with Crippen LogP contribution in [0.25, 0.3) is 0 Å². The Morgan fingerprint density at radius 2 is 1.77 bits per heavy atom. The summed E-state index contributed by atoms with van der Waals surface area (Å²) in [6.07, 6.45) is 9.93. The number of hydrogen-bond donors (Lipinski definition) is 0. The number of fused-ring (bicyclic) bond motifs is 1. The molecule has 2 aliphatic rings. The topological polar surface area (TPSA) is 17.1 Å². The fraction of sp³-hybridized carbons (Fsp3) is 0.750. The molecule has 2 atom stereocenters. The molecule has 0 spiro atoms. The summed E-state index contributed by atoms with van der Waals surface area (Å²) in [4.78, 5) is 10.9. The van der Waals surface area contributed by atoms with Gasteiger partial charge in [-0.25, -0.2) is 0 Å². The van der Waals surface area contributed by atoms with E-state index in [-0.39, 0.29) is 5.78 Å². The molecule has 0 aromatic carbocycles. The lowest BCUT2D eigenvalue weighted by Gasteiger charge is -2.23. The van der Waals surface area contributed by atoms with Gasteiger partial charge >= 0.3 is 0 Å². The van der Waals surface area contributed by atoms with E-state index in [1.54, 1.807) is 6.92 Å². The lowest BCUT2D eigenvalue weighted by Crippen LogP contribution is -2.12. The summed E-state index contributed by atoms with van der Waals surface area (Å²) in [5, 5.41) is 0. The Bertz CT molecular complexity index is 224. The minimum absolute atomic E-state index is 0.230. The van der Waals surface area contributed by atoms with Crippen LogP contribution in [0.4, 0.5) is 0 Å². The van der Waals surface area contributed by atoms with Crippen LogP contribution in [0.3, 0.4) is 0 Å². The van der Waals surface area contributed by atoms with Gasteiger partial charge in [0.2, 0.25) is 0 Å². The first-order valence-electron chi connectivity index (χ1n) is 5.45.